The molecule has 1 fully saturated rings. The normalized spacial score (nSPS) is 24.2. The molecule has 5 heteroatoms. The SMILES string of the molecule is COC(=O)[C@H]1CN(C)CC[C@@H]1c1ccc(F)c(F)c1. The molecule has 0 saturated carbocycles. The first kappa shape index (κ1) is 13.9. The van der Waals surface area contributed by atoms with Crippen molar-refractivity contribution in [3.05, 3.63) is 35.4 Å². The van der Waals surface area contributed by atoms with E-state index < -0.39 is 11.6 Å². The fraction of sp³-hybridized carbons (Fsp3) is 0.500. The molecule has 2 atom stereocenters. The summed E-state index contributed by atoms with van der Waals surface area (Å²) in [7, 11) is 3.27. The highest BCUT2D eigenvalue weighted by Gasteiger charge is 2.35. The first-order valence-electron chi connectivity index (χ1n) is 6.24. The molecule has 0 unspecified atom stereocenters. The number of carbonyl (C=O) groups excluding carboxylic acids is 1. The van der Waals surface area contributed by atoms with Crippen molar-refractivity contribution in [1.82, 2.24) is 4.90 Å². The summed E-state index contributed by atoms with van der Waals surface area (Å²) in [5.74, 6) is -2.51. The van der Waals surface area contributed by atoms with Gasteiger partial charge in [0.1, 0.15) is 0 Å². The molecule has 1 aliphatic heterocycles. The Morgan fingerprint density at radius 2 is 2.11 bits per heavy atom. The number of esters is 1. The quantitative estimate of drug-likeness (QED) is 0.771. The number of hydrogen-bond donors (Lipinski definition) is 0. The second-order valence-corrected chi connectivity index (χ2v) is 4.96. The van der Waals surface area contributed by atoms with Crippen LogP contribution in [-0.4, -0.2) is 38.1 Å². The van der Waals surface area contributed by atoms with E-state index >= 15 is 0 Å². The maximum Gasteiger partial charge on any atom is 0.310 e. The lowest BCUT2D eigenvalue weighted by atomic mass is 9.80. The van der Waals surface area contributed by atoms with Gasteiger partial charge in [0.25, 0.3) is 0 Å². The Hall–Kier alpha value is -1.49. The number of methoxy groups -OCH3 is 1. The van der Waals surface area contributed by atoms with Crippen molar-refractivity contribution in [1.29, 1.82) is 0 Å². The third kappa shape index (κ3) is 2.92. The van der Waals surface area contributed by atoms with Crippen molar-refractivity contribution < 1.29 is 18.3 Å². The van der Waals surface area contributed by atoms with Crippen molar-refractivity contribution in [3.8, 4) is 0 Å². The Bertz CT molecular complexity index is 479. The van der Waals surface area contributed by atoms with Gasteiger partial charge in [-0.25, -0.2) is 8.78 Å². The molecular weight excluding hydrogens is 252 g/mol. The summed E-state index contributed by atoms with van der Waals surface area (Å²) in [6.45, 7) is 1.38. The second-order valence-electron chi connectivity index (χ2n) is 4.96. The monoisotopic (exact) mass is 269 g/mol. The summed E-state index contributed by atoms with van der Waals surface area (Å²) in [6, 6.07) is 3.84. The molecule has 104 valence electrons. The molecule has 2 rings (SSSR count). The number of rotatable bonds is 2. The van der Waals surface area contributed by atoms with E-state index in [0.29, 0.717) is 12.1 Å². The minimum atomic E-state index is -0.875. The first-order valence-corrected chi connectivity index (χ1v) is 6.24. The van der Waals surface area contributed by atoms with Crippen LogP contribution >= 0.6 is 0 Å². The van der Waals surface area contributed by atoms with Crippen molar-refractivity contribution in [2.24, 2.45) is 5.92 Å². The van der Waals surface area contributed by atoms with Crippen LogP contribution in [0.5, 0.6) is 0 Å². The number of piperidine rings is 1. The summed E-state index contributed by atoms with van der Waals surface area (Å²) < 4.78 is 31.1. The topological polar surface area (TPSA) is 29.5 Å². The number of hydrogen-bond acceptors (Lipinski definition) is 3. The molecule has 1 aromatic carbocycles. The molecule has 0 aliphatic carbocycles. The van der Waals surface area contributed by atoms with Crippen LogP contribution in [-0.2, 0) is 9.53 Å². The van der Waals surface area contributed by atoms with Gasteiger partial charge in [-0.1, -0.05) is 6.07 Å². The molecule has 1 aromatic rings. The van der Waals surface area contributed by atoms with Crippen LogP contribution in [0, 0.1) is 17.6 Å². The number of nitrogens with zero attached hydrogens (tertiary/aromatic N) is 1. The smallest absolute Gasteiger partial charge is 0.310 e. The van der Waals surface area contributed by atoms with Gasteiger partial charge in [0.15, 0.2) is 11.6 Å². The molecule has 1 aliphatic rings. The predicted molar refractivity (Wildman–Crippen MR) is 66.7 cm³/mol. The van der Waals surface area contributed by atoms with Crippen molar-refractivity contribution >= 4 is 5.97 Å². The van der Waals surface area contributed by atoms with Gasteiger partial charge in [0, 0.05) is 6.54 Å². The highest BCUT2D eigenvalue weighted by molar-refractivity contribution is 5.74. The second kappa shape index (κ2) is 5.65. The summed E-state index contributed by atoms with van der Waals surface area (Å²) in [6.07, 6.45) is 0.724. The first-order chi connectivity index (χ1) is 9.02. The van der Waals surface area contributed by atoms with Crippen LogP contribution in [0.2, 0.25) is 0 Å². The summed E-state index contributed by atoms with van der Waals surface area (Å²) in [4.78, 5) is 13.9. The Kier molecular flexibility index (Phi) is 4.14. The van der Waals surface area contributed by atoms with Gasteiger partial charge in [-0.05, 0) is 43.6 Å². The van der Waals surface area contributed by atoms with E-state index in [1.54, 1.807) is 6.07 Å². The molecule has 1 heterocycles. The van der Waals surface area contributed by atoms with Crippen molar-refractivity contribution in [3.63, 3.8) is 0 Å². The van der Waals surface area contributed by atoms with E-state index in [9.17, 15) is 13.6 Å². The zero-order valence-electron chi connectivity index (χ0n) is 11.0. The van der Waals surface area contributed by atoms with Crippen molar-refractivity contribution in [2.45, 2.75) is 12.3 Å². The largest absolute Gasteiger partial charge is 0.469 e. The molecule has 0 N–H and O–H groups in total. The van der Waals surface area contributed by atoms with E-state index in [1.165, 1.54) is 13.2 Å². The van der Waals surface area contributed by atoms with Crippen LogP contribution < -0.4 is 0 Å². The Labute approximate surface area is 111 Å². The molecule has 0 aromatic heterocycles. The average molecular weight is 269 g/mol. The van der Waals surface area contributed by atoms with E-state index in [1.807, 2.05) is 11.9 Å². The number of carbonyl (C=O) groups is 1. The minimum absolute atomic E-state index is 0.126. The maximum atomic E-state index is 13.3. The summed E-state index contributed by atoms with van der Waals surface area (Å²) in [5, 5.41) is 0. The lowest BCUT2D eigenvalue weighted by molar-refractivity contribution is -0.148. The third-order valence-electron chi connectivity index (χ3n) is 3.69. The maximum absolute atomic E-state index is 13.3. The molecule has 0 spiro atoms. The zero-order valence-corrected chi connectivity index (χ0v) is 11.0. The van der Waals surface area contributed by atoms with Gasteiger partial charge in [-0.15, -0.1) is 0 Å². The molecule has 0 amide bonds. The van der Waals surface area contributed by atoms with Gasteiger partial charge in [-0.3, -0.25) is 4.79 Å². The number of benzene rings is 1. The number of halogens is 2. The molecule has 3 nitrogen and oxygen atoms in total. The molecule has 0 bridgehead atoms. The summed E-state index contributed by atoms with van der Waals surface area (Å²) >= 11 is 0. The lowest BCUT2D eigenvalue weighted by Gasteiger charge is -2.35. The van der Waals surface area contributed by atoms with Crippen LogP contribution in [0.25, 0.3) is 0 Å². The van der Waals surface area contributed by atoms with E-state index in [-0.39, 0.29) is 17.8 Å². The standard InChI is InChI=1S/C14H17F2NO2/c1-17-6-5-10(11(8-17)14(18)19-2)9-3-4-12(15)13(16)7-9/h3-4,7,10-11H,5-6,8H2,1-2H3/t10-,11+/m1/s1. The fourth-order valence-electron chi connectivity index (χ4n) is 2.65. The molecule has 1 saturated heterocycles. The van der Waals surface area contributed by atoms with E-state index in [2.05, 4.69) is 0 Å². The fourth-order valence-corrected chi connectivity index (χ4v) is 2.65. The van der Waals surface area contributed by atoms with Crippen LogP contribution in [0.15, 0.2) is 18.2 Å². The minimum Gasteiger partial charge on any atom is -0.469 e. The van der Waals surface area contributed by atoms with E-state index in [4.69, 9.17) is 4.74 Å². The Morgan fingerprint density at radius 3 is 2.74 bits per heavy atom. The van der Waals surface area contributed by atoms with Crippen LogP contribution in [0.4, 0.5) is 8.78 Å². The van der Waals surface area contributed by atoms with Gasteiger partial charge >= 0.3 is 5.97 Å². The van der Waals surface area contributed by atoms with Crippen LogP contribution in [0.3, 0.4) is 0 Å². The molecular formula is C14H17F2NO2. The highest BCUT2D eigenvalue weighted by atomic mass is 19.2. The zero-order chi connectivity index (χ0) is 14.0. The Balaban J connectivity index is 2.29. The third-order valence-corrected chi connectivity index (χ3v) is 3.69. The predicted octanol–water partition coefficient (Wildman–Crippen LogP) is 2.17. The van der Waals surface area contributed by atoms with E-state index in [0.717, 1.165) is 19.0 Å². The average Bonchev–Trinajstić information content (AvgIpc) is 2.41. The lowest BCUT2D eigenvalue weighted by Crippen LogP contribution is -2.41. The van der Waals surface area contributed by atoms with Gasteiger partial charge in [-0.2, -0.15) is 0 Å². The number of likely N-dealkylation sites (tertiary alicyclic amines) is 1. The Morgan fingerprint density at radius 1 is 1.37 bits per heavy atom. The van der Waals surface area contributed by atoms with Gasteiger partial charge in [0.2, 0.25) is 0 Å². The van der Waals surface area contributed by atoms with Crippen LogP contribution in [0.1, 0.15) is 17.9 Å². The van der Waals surface area contributed by atoms with Gasteiger partial charge < -0.3 is 9.64 Å². The molecule has 0 radical (unpaired) electrons. The highest BCUT2D eigenvalue weighted by Crippen LogP contribution is 2.33. The number of ether oxygens (including phenoxy) is 1. The van der Waals surface area contributed by atoms with Crippen molar-refractivity contribution in [2.75, 3.05) is 27.2 Å². The molecule has 19 heavy (non-hydrogen) atoms. The summed E-state index contributed by atoms with van der Waals surface area (Å²) in [5.41, 5.74) is 0.655. The van der Waals surface area contributed by atoms with Gasteiger partial charge in [0.05, 0.1) is 13.0 Å².